The van der Waals surface area contributed by atoms with Gasteiger partial charge in [0.25, 0.3) is 0 Å². The lowest BCUT2D eigenvalue weighted by Gasteiger charge is -2.05. The van der Waals surface area contributed by atoms with Crippen molar-refractivity contribution >= 4 is 16.9 Å². The number of aryl methyl sites for hydroxylation is 1. The van der Waals surface area contributed by atoms with Crippen LogP contribution in [-0.2, 0) is 7.05 Å². The minimum Gasteiger partial charge on any atom is -0.477 e. The van der Waals surface area contributed by atoms with Gasteiger partial charge in [0.1, 0.15) is 17.3 Å². The maximum absolute atomic E-state index is 13.3. The minimum atomic E-state index is -1.02. The summed E-state index contributed by atoms with van der Waals surface area (Å²) in [5.74, 6) is -2.32. The summed E-state index contributed by atoms with van der Waals surface area (Å²) in [6.45, 7) is 0. The van der Waals surface area contributed by atoms with Crippen LogP contribution in [-0.4, -0.2) is 15.6 Å². The molecular weight excluding hydrogens is 276 g/mol. The minimum absolute atomic E-state index is 0.160. The van der Waals surface area contributed by atoms with Crippen LogP contribution in [0, 0.1) is 11.6 Å². The summed E-state index contributed by atoms with van der Waals surface area (Å²) < 4.78 is 28.1. The molecule has 0 aliphatic carbocycles. The molecule has 0 spiro atoms. The van der Waals surface area contributed by atoms with Gasteiger partial charge in [0.2, 0.25) is 0 Å². The Hall–Kier alpha value is -2.69. The standard InChI is InChI=1S/C16H11F2NO2/c1-19-14-6-9(11-4-12(17)8-13(18)5-11)2-3-10(14)7-15(19)16(20)21/h2-8H,1H3,(H,20,21). The molecule has 21 heavy (non-hydrogen) atoms. The third kappa shape index (κ3) is 2.27. The van der Waals surface area contributed by atoms with E-state index in [9.17, 15) is 13.6 Å². The molecule has 0 atom stereocenters. The highest BCUT2D eigenvalue weighted by atomic mass is 19.1. The monoisotopic (exact) mass is 287 g/mol. The second-order valence-electron chi connectivity index (χ2n) is 4.83. The van der Waals surface area contributed by atoms with Crippen LogP contribution in [0.15, 0.2) is 42.5 Å². The summed E-state index contributed by atoms with van der Waals surface area (Å²) in [6.07, 6.45) is 0. The lowest BCUT2D eigenvalue weighted by atomic mass is 10.0. The quantitative estimate of drug-likeness (QED) is 0.778. The molecule has 0 saturated heterocycles. The SMILES string of the molecule is Cn1c(C(=O)O)cc2ccc(-c3cc(F)cc(F)c3)cc21. The van der Waals surface area contributed by atoms with Crippen LogP contribution >= 0.6 is 0 Å². The predicted octanol–water partition coefficient (Wildman–Crippen LogP) is 3.82. The molecule has 0 aliphatic heterocycles. The van der Waals surface area contributed by atoms with Crippen LogP contribution < -0.4 is 0 Å². The number of halogens is 2. The van der Waals surface area contributed by atoms with Gasteiger partial charge in [-0.2, -0.15) is 0 Å². The van der Waals surface area contributed by atoms with Crippen molar-refractivity contribution in [3.8, 4) is 11.1 Å². The maximum atomic E-state index is 13.3. The van der Waals surface area contributed by atoms with E-state index in [0.717, 1.165) is 11.5 Å². The zero-order chi connectivity index (χ0) is 15.1. The van der Waals surface area contributed by atoms with Crippen molar-refractivity contribution in [2.24, 2.45) is 7.05 Å². The van der Waals surface area contributed by atoms with Gasteiger partial charge in [-0.15, -0.1) is 0 Å². The summed E-state index contributed by atoms with van der Waals surface area (Å²) >= 11 is 0. The van der Waals surface area contributed by atoms with E-state index in [2.05, 4.69) is 0 Å². The molecule has 1 N–H and O–H groups in total. The molecule has 1 heterocycles. The molecule has 0 unspecified atom stereocenters. The number of carboxylic acid groups (broad SMARTS) is 1. The molecule has 3 nitrogen and oxygen atoms in total. The number of aromatic carboxylic acids is 1. The van der Waals surface area contributed by atoms with Gasteiger partial charge >= 0.3 is 5.97 Å². The first-order chi connectivity index (χ1) is 9.95. The van der Waals surface area contributed by atoms with Crippen LogP contribution in [0.4, 0.5) is 8.78 Å². The number of carbonyl (C=O) groups is 1. The summed E-state index contributed by atoms with van der Waals surface area (Å²) in [6, 6.07) is 10.0. The molecule has 0 saturated carbocycles. The Morgan fingerprint density at radius 2 is 1.67 bits per heavy atom. The van der Waals surface area contributed by atoms with Crippen molar-refractivity contribution < 1.29 is 18.7 Å². The Kier molecular flexibility index (Phi) is 2.97. The first-order valence-corrected chi connectivity index (χ1v) is 6.25. The molecule has 2 aromatic carbocycles. The first-order valence-electron chi connectivity index (χ1n) is 6.25. The molecule has 0 aliphatic rings. The Morgan fingerprint density at radius 3 is 2.29 bits per heavy atom. The largest absolute Gasteiger partial charge is 0.477 e. The molecule has 1 aromatic heterocycles. The van der Waals surface area contributed by atoms with E-state index in [1.807, 2.05) is 0 Å². The number of hydrogen-bond acceptors (Lipinski definition) is 1. The van der Waals surface area contributed by atoms with Crippen LogP contribution in [0.1, 0.15) is 10.5 Å². The Morgan fingerprint density at radius 1 is 1.00 bits per heavy atom. The molecule has 106 valence electrons. The molecule has 3 rings (SSSR count). The van der Waals surface area contributed by atoms with Crippen molar-refractivity contribution in [1.29, 1.82) is 0 Å². The summed E-state index contributed by atoms with van der Waals surface area (Å²) in [5.41, 5.74) is 1.88. The number of fused-ring (bicyclic) bond motifs is 1. The van der Waals surface area contributed by atoms with Gasteiger partial charge in [-0.25, -0.2) is 13.6 Å². The number of carboxylic acids is 1. The van der Waals surface area contributed by atoms with E-state index in [0.29, 0.717) is 16.6 Å². The van der Waals surface area contributed by atoms with Gasteiger partial charge in [-0.3, -0.25) is 0 Å². The van der Waals surface area contributed by atoms with Crippen LogP contribution in [0.2, 0.25) is 0 Å². The maximum Gasteiger partial charge on any atom is 0.352 e. The van der Waals surface area contributed by atoms with Crippen LogP contribution in [0.25, 0.3) is 22.0 Å². The molecule has 3 aromatic rings. The van der Waals surface area contributed by atoms with E-state index in [4.69, 9.17) is 5.11 Å². The third-order valence-corrected chi connectivity index (χ3v) is 3.46. The van der Waals surface area contributed by atoms with E-state index in [-0.39, 0.29) is 5.69 Å². The van der Waals surface area contributed by atoms with Gasteiger partial charge in [0, 0.05) is 24.0 Å². The lowest BCUT2D eigenvalue weighted by Crippen LogP contribution is -2.03. The second-order valence-corrected chi connectivity index (χ2v) is 4.83. The normalized spacial score (nSPS) is 11.0. The van der Waals surface area contributed by atoms with Gasteiger partial charge in [0.15, 0.2) is 0 Å². The van der Waals surface area contributed by atoms with Crippen molar-refractivity contribution in [1.82, 2.24) is 4.57 Å². The molecular formula is C16H11F2NO2. The third-order valence-electron chi connectivity index (χ3n) is 3.46. The smallest absolute Gasteiger partial charge is 0.352 e. The average Bonchev–Trinajstić information content (AvgIpc) is 2.75. The highest BCUT2D eigenvalue weighted by molar-refractivity contribution is 5.95. The van der Waals surface area contributed by atoms with Crippen molar-refractivity contribution in [2.45, 2.75) is 0 Å². The lowest BCUT2D eigenvalue weighted by molar-refractivity contribution is 0.0687. The van der Waals surface area contributed by atoms with Crippen LogP contribution in [0.3, 0.4) is 0 Å². The van der Waals surface area contributed by atoms with Crippen molar-refractivity contribution in [3.05, 3.63) is 59.8 Å². The Labute approximate surface area is 119 Å². The topological polar surface area (TPSA) is 42.2 Å². The molecule has 0 amide bonds. The highest BCUT2D eigenvalue weighted by Gasteiger charge is 2.13. The number of aromatic nitrogens is 1. The zero-order valence-electron chi connectivity index (χ0n) is 11.1. The van der Waals surface area contributed by atoms with Crippen molar-refractivity contribution in [2.75, 3.05) is 0 Å². The molecule has 5 heteroatoms. The summed E-state index contributed by atoms with van der Waals surface area (Å²) in [4.78, 5) is 11.1. The number of nitrogens with zero attached hydrogens (tertiary/aromatic N) is 1. The predicted molar refractivity (Wildman–Crippen MR) is 75.2 cm³/mol. The molecule has 0 bridgehead atoms. The van der Waals surface area contributed by atoms with Crippen molar-refractivity contribution in [3.63, 3.8) is 0 Å². The van der Waals surface area contributed by atoms with Crippen LogP contribution in [0.5, 0.6) is 0 Å². The fourth-order valence-corrected chi connectivity index (χ4v) is 2.44. The van der Waals surface area contributed by atoms with E-state index in [1.54, 1.807) is 31.3 Å². The van der Waals surface area contributed by atoms with Gasteiger partial charge in [0.05, 0.1) is 0 Å². The molecule has 0 fully saturated rings. The van der Waals surface area contributed by atoms with E-state index >= 15 is 0 Å². The fourth-order valence-electron chi connectivity index (χ4n) is 2.44. The van der Waals surface area contributed by atoms with Gasteiger partial charge in [-0.05, 0) is 35.4 Å². The van der Waals surface area contributed by atoms with Gasteiger partial charge in [-0.1, -0.05) is 12.1 Å². The summed E-state index contributed by atoms with van der Waals surface area (Å²) in [7, 11) is 1.64. The first kappa shape index (κ1) is 13.3. The average molecular weight is 287 g/mol. The summed E-state index contributed by atoms with van der Waals surface area (Å²) in [5, 5.41) is 9.87. The second kappa shape index (κ2) is 4.70. The number of hydrogen-bond donors (Lipinski definition) is 1. The fraction of sp³-hybridized carbons (Fsp3) is 0.0625. The Balaban J connectivity index is 2.21. The molecule has 0 radical (unpaired) electrons. The highest BCUT2D eigenvalue weighted by Crippen LogP contribution is 2.27. The van der Waals surface area contributed by atoms with Gasteiger partial charge < -0.3 is 9.67 Å². The van der Waals surface area contributed by atoms with E-state index < -0.39 is 17.6 Å². The Bertz CT molecular complexity index is 848. The number of benzene rings is 2. The number of rotatable bonds is 2. The van der Waals surface area contributed by atoms with E-state index in [1.165, 1.54) is 16.7 Å². The zero-order valence-corrected chi connectivity index (χ0v) is 11.1.